The van der Waals surface area contributed by atoms with Gasteiger partial charge in [-0.25, -0.2) is 0 Å². The highest BCUT2D eigenvalue weighted by molar-refractivity contribution is 5.70. The van der Waals surface area contributed by atoms with Gasteiger partial charge in [-0.3, -0.25) is 9.59 Å². The Bertz CT molecular complexity index is 830. The minimum absolute atomic E-state index is 0.215. The minimum atomic E-state index is -1.59. The zero-order valence-electron chi connectivity index (χ0n) is 29.3. The maximum absolute atomic E-state index is 12.6. The Kier molecular flexibility index (Phi) is 26.8. The number of unbranched alkanes of at least 4 members (excludes halogenated alkanes) is 14. The second kappa shape index (κ2) is 29.1. The van der Waals surface area contributed by atoms with E-state index in [1.54, 1.807) is 0 Å². The monoisotopic (exact) mass is 670 g/mol. The first-order valence-electron chi connectivity index (χ1n) is 18.4. The molecule has 10 nitrogen and oxygen atoms in total. The van der Waals surface area contributed by atoms with Crippen molar-refractivity contribution in [3.63, 3.8) is 0 Å². The predicted octanol–water partition coefficient (Wildman–Crippen LogP) is 6.21. The van der Waals surface area contributed by atoms with E-state index in [4.69, 9.17) is 18.9 Å². The van der Waals surface area contributed by atoms with Gasteiger partial charge in [-0.2, -0.15) is 0 Å². The molecule has 1 rings (SSSR count). The van der Waals surface area contributed by atoms with Crippen molar-refractivity contribution < 1.29 is 49.0 Å². The molecule has 0 amide bonds. The molecule has 47 heavy (non-hydrogen) atoms. The Hall–Kier alpha value is -1.82. The van der Waals surface area contributed by atoms with Crippen LogP contribution < -0.4 is 0 Å². The van der Waals surface area contributed by atoms with Gasteiger partial charge in [-0.05, 0) is 38.5 Å². The molecule has 4 N–H and O–H groups in total. The van der Waals surface area contributed by atoms with Gasteiger partial charge in [-0.1, -0.05) is 115 Å². The van der Waals surface area contributed by atoms with Gasteiger partial charge >= 0.3 is 11.9 Å². The number of allylic oxidation sites excluding steroid dienone is 4. The second-order valence-corrected chi connectivity index (χ2v) is 12.7. The van der Waals surface area contributed by atoms with Crippen molar-refractivity contribution in [1.82, 2.24) is 0 Å². The van der Waals surface area contributed by atoms with Crippen LogP contribution in [0.25, 0.3) is 0 Å². The number of rotatable bonds is 29. The first kappa shape index (κ1) is 43.2. The summed E-state index contributed by atoms with van der Waals surface area (Å²) in [6.07, 6.45) is 20.6. The lowest BCUT2D eigenvalue weighted by Crippen LogP contribution is -2.59. The van der Waals surface area contributed by atoms with E-state index in [-0.39, 0.29) is 32.0 Å². The normalized spacial score (nSPS) is 22.2. The molecule has 1 heterocycles. The average molecular weight is 671 g/mol. The Labute approximate surface area is 283 Å². The van der Waals surface area contributed by atoms with E-state index in [1.165, 1.54) is 38.5 Å². The molecular weight excluding hydrogens is 604 g/mol. The molecule has 1 fully saturated rings. The van der Waals surface area contributed by atoms with Crippen molar-refractivity contribution in [2.24, 2.45) is 0 Å². The van der Waals surface area contributed by atoms with Gasteiger partial charge in [0, 0.05) is 12.8 Å². The van der Waals surface area contributed by atoms with E-state index in [2.05, 4.69) is 38.2 Å². The third kappa shape index (κ3) is 21.7. The van der Waals surface area contributed by atoms with Crippen LogP contribution in [0.4, 0.5) is 0 Å². The molecular formula is C37H66O10. The lowest BCUT2D eigenvalue weighted by molar-refractivity contribution is -0.305. The number of esters is 2. The van der Waals surface area contributed by atoms with E-state index in [9.17, 15) is 30.0 Å². The molecule has 1 saturated heterocycles. The van der Waals surface area contributed by atoms with Crippen molar-refractivity contribution in [1.29, 1.82) is 0 Å². The molecule has 0 aromatic rings. The fourth-order valence-corrected chi connectivity index (χ4v) is 5.32. The quantitative estimate of drug-likeness (QED) is 0.0411. The predicted molar refractivity (Wildman–Crippen MR) is 183 cm³/mol. The Balaban J connectivity index is 2.43. The molecule has 0 aromatic heterocycles. The van der Waals surface area contributed by atoms with E-state index in [1.807, 2.05) is 0 Å². The van der Waals surface area contributed by atoms with Crippen molar-refractivity contribution in [2.75, 3.05) is 19.8 Å². The van der Waals surface area contributed by atoms with Crippen molar-refractivity contribution >= 4 is 11.9 Å². The summed E-state index contributed by atoms with van der Waals surface area (Å²) in [4.78, 5) is 25.0. The highest BCUT2D eigenvalue weighted by Gasteiger charge is 2.44. The zero-order valence-corrected chi connectivity index (χ0v) is 29.3. The topological polar surface area (TPSA) is 152 Å². The molecule has 2 unspecified atom stereocenters. The second-order valence-electron chi connectivity index (χ2n) is 12.7. The summed E-state index contributed by atoms with van der Waals surface area (Å²) in [6.45, 7) is 3.30. The summed E-state index contributed by atoms with van der Waals surface area (Å²) < 4.78 is 22.0. The largest absolute Gasteiger partial charge is 0.462 e. The third-order valence-electron chi connectivity index (χ3n) is 8.34. The Morgan fingerprint density at radius 1 is 0.660 bits per heavy atom. The van der Waals surface area contributed by atoms with Gasteiger partial charge in [0.2, 0.25) is 0 Å². The molecule has 0 aliphatic carbocycles. The molecule has 0 saturated carbocycles. The van der Waals surface area contributed by atoms with E-state index in [0.717, 1.165) is 70.6 Å². The van der Waals surface area contributed by atoms with E-state index in [0.29, 0.717) is 6.42 Å². The van der Waals surface area contributed by atoms with Crippen LogP contribution in [0.5, 0.6) is 0 Å². The highest BCUT2D eigenvalue weighted by atomic mass is 16.7. The van der Waals surface area contributed by atoms with Gasteiger partial charge in [0.15, 0.2) is 12.4 Å². The highest BCUT2D eigenvalue weighted by Crippen LogP contribution is 2.22. The summed E-state index contributed by atoms with van der Waals surface area (Å²) in [6, 6.07) is 0. The molecule has 1 aliphatic heterocycles. The van der Waals surface area contributed by atoms with Crippen LogP contribution in [0.2, 0.25) is 0 Å². The first-order valence-corrected chi connectivity index (χ1v) is 18.4. The van der Waals surface area contributed by atoms with E-state index < -0.39 is 49.4 Å². The van der Waals surface area contributed by atoms with Crippen molar-refractivity contribution in [3.05, 3.63) is 24.3 Å². The number of carbonyl (C=O) groups is 2. The smallest absolute Gasteiger partial charge is 0.306 e. The number of aliphatic hydroxyl groups excluding tert-OH is 4. The van der Waals surface area contributed by atoms with Gasteiger partial charge < -0.3 is 39.4 Å². The SMILES string of the molecule is CCCC/C=C/C/C=C/CCCCCCCC(=O)O[C@H](COC(=O)CCCCCCCCCC)CO[C@@H]1O[C@H](CO)[C@H](O)C(O)C1O. The maximum atomic E-state index is 12.6. The van der Waals surface area contributed by atoms with Crippen LogP contribution in [0.15, 0.2) is 24.3 Å². The number of carbonyl (C=O) groups excluding carboxylic acids is 2. The molecule has 10 heteroatoms. The third-order valence-corrected chi connectivity index (χ3v) is 8.34. The van der Waals surface area contributed by atoms with Crippen LogP contribution >= 0.6 is 0 Å². The van der Waals surface area contributed by atoms with E-state index >= 15 is 0 Å². The Morgan fingerprint density at radius 2 is 1.21 bits per heavy atom. The molecule has 6 atom stereocenters. The number of aliphatic hydroxyl groups is 4. The Morgan fingerprint density at radius 3 is 1.83 bits per heavy atom. The van der Waals surface area contributed by atoms with Gasteiger partial charge in [-0.15, -0.1) is 0 Å². The molecule has 274 valence electrons. The standard InChI is InChI=1S/C37H66O10/c1-3-5-7-9-11-13-14-15-16-17-18-20-22-24-26-33(40)46-30(28-44-32(39)25-23-21-19-12-10-8-6-4-2)29-45-37-36(43)35(42)34(41)31(27-38)47-37/h9,11,14-15,30-31,34-38,41-43H,3-8,10,12-13,16-29H2,1-2H3/b11-9+,15-14+/t30-,31-,34+,35?,36?,37-/m1/s1. The van der Waals surface area contributed by atoms with Crippen LogP contribution in [-0.4, -0.2) is 89.0 Å². The van der Waals surface area contributed by atoms with Gasteiger partial charge in [0.25, 0.3) is 0 Å². The maximum Gasteiger partial charge on any atom is 0.306 e. The number of ether oxygens (including phenoxy) is 4. The fraction of sp³-hybridized carbons (Fsp3) is 0.838. The van der Waals surface area contributed by atoms with Crippen LogP contribution in [0, 0.1) is 0 Å². The minimum Gasteiger partial charge on any atom is -0.462 e. The first-order chi connectivity index (χ1) is 22.8. The summed E-state index contributed by atoms with van der Waals surface area (Å²) in [5.41, 5.74) is 0. The van der Waals surface area contributed by atoms with Crippen LogP contribution in [0.3, 0.4) is 0 Å². The fourth-order valence-electron chi connectivity index (χ4n) is 5.32. The van der Waals surface area contributed by atoms with Crippen molar-refractivity contribution in [2.45, 2.75) is 179 Å². The number of hydrogen-bond donors (Lipinski definition) is 4. The van der Waals surface area contributed by atoms with Crippen LogP contribution in [-0.2, 0) is 28.5 Å². The summed E-state index contributed by atoms with van der Waals surface area (Å²) in [5.74, 6) is -0.829. The van der Waals surface area contributed by atoms with Gasteiger partial charge in [0.1, 0.15) is 31.0 Å². The lowest BCUT2D eigenvalue weighted by atomic mass is 9.99. The van der Waals surface area contributed by atoms with Crippen LogP contribution in [0.1, 0.15) is 142 Å². The average Bonchev–Trinajstić information content (AvgIpc) is 3.07. The molecule has 0 bridgehead atoms. The van der Waals surface area contributed by atoms with Gasteiger partial charge in [0.05, 0.1) is 13.2 Å². The summed E-state index contributed by atoms with van der Waals surface area (Å²) in [7, 11) is 0. The summed E-state index contributed by atoms with van der Waals surface area (Å²) >= 11 is 0. The molecule has 0 aromatic carbocycles. The zero-order chi connectivity index (χ0) is 34.5. The molecule has 1 aliphatic rings. The number of hydrogen-bond acceptors (Lipinski definition) is 10. The molecule has 0 spiro atoms. The summed E-state index contributed by atoms with van der Waals surface area (Å²) in [5, 5.41) is 39.8. The lowest BCUT2D eigenvalue weighted by Gasteiger charge is -2.39. The molecule has 0 radical (unpaired) electrons. The van der Waals surface area contributed by atoms with Crippen molar-refractivity contribution in [3.8, 4) is 0 Å².